The second-order valence-corrected chi connectivity index (χ2v) is 7.65. The lowest BCUT2D eigenvalue weighted by Gasteiger charge is -2.15. The number of sulfone groups is 1. The molecule has 23 heavy (non-hydrogen) atoms. The Morgan fingerprint density at radius 3 is 2.65 bits per heavy atom. The predicted octanol–water partition coefficient (Wildman–Crippen LogP) is -1.29. The van der Waals surface area contributed by atoms with Gasteiger partial charge < -0.3 is 9.84 Å². The minimum atomic E-state index is -3.97. The maximum atomic E-state index is 12.6. The van der Waals surface area contributed by atoms with E-state index in [1.165, 1.54) is 6.20 Å². The van der Waals surface area contributed by atoms with Crippen molar-refractivity contribution in [2.24, 2.45) is 0 Å². The van der Waals surface area contributed by atoms with Crippen molar-refractivity contribution in [1.82, 2.24) is 9.55 Å². The zero-order chi connectivity index (χ0) is 17.4. The Labute approximate surface area is 131 Å². The van der Waals surface area contributed by atoms with Crippen LogP contribution < -0.4 is 11.2 Å². The Kier molecular flexibility index (Phi) is 4.76. The fourth-order valence-corrected chi connectivity index (χ4v) is 4.85. The summed E-state index contributed by atoms with van der Waals surface area (Å²) in [6, 6.07) is 0. The SMILES string of the molecule is CCc1cn([C@H]2C[C@H](OC(C)=O)[C@@H](CO)S2(=O)=O)c(=O)[nH]c1=O. The Morgan fingerprint density at radius 1 is 1.48 bits per heavy atom. The molecule has 0 spiro atoms. The van der Waals surface area contributed by atoms with E-state index in [9.17, 15) is 27.9 Å². The molecular weight excluding hydrogens is 328 g/mol. The van der Waals surface area contributed by atoms with E-state index in [0.29, 0.717) is 6.42 Å². The predicted molar refractivity (Wildman–Crippen MR) is 79.7 cm³/mol. The van der Waals surface area contributed by atoms with Crippen LogP contribution in [0.5, 0.6) is 0 Å². The summed E-state index contributed by atoms with van der Waals surface area (Å²) in [5.74, 6) is -0.674. The number of nitrogens with zero attached hydrogens (tertiary/aromatic N) is 1. The number of carbonyl (C=O) groups is 1. The van der Waals surface area contributed by atoms with Gasteiger partial charge in [0.15, 0.2) is 9.84 Å². The standard InChI is InChI=1S/C13H18N2O7S/c1-3-8-5-15(13(19)14-12(8)18)11-4-9(22-7(2)17)10(6-16)23(11,20)21/h5,9-11,16H,3-4,6H2,1-2H3,(H,14,18,19)/t9-,10+,11+/m0/s1. The number of hydrogen-bond acceptors (Lipinski definition) is 7. The van der Waals surface area contributed by atoms with E-state index < -0.39 is 50.4 Å². The van der Waals surface area contributed by atoms with Crippen molar-refractivity contribution < 1.29 is 23.1 Å². The van der Waals surface area contributed by atoms with Crippen LogP contribution in [0, 0.1) is 0 Å². The van der Waals surface area contributed by atoms with Crippen molar-refractivity contribution in [3.63, 3.8) is 0 Å². The summed E-state index contributed by atoms with van der Waals surface area (Å²) in [5.41, 5.74) is -1.17. The molecule has 9 nitrogen and oxygen atoms in total. The van der Waals surface area contributed by atoms with Crippen molar-refractivity contribution >= 4 is 15.8 Å². The van der Waals surface area contributed by atoms with Crippen LogP contribution in [0.2, 0.25) is 0 Å². The lowest BCUT2D eigenvalue weighted by Crippen LogP contribution is -2.37. The van der Waals surface area contributed by atoms with E-state index in [2.05, 4.69) is 4.98 Å². The summed E-state index contributed by atoms with van der Waals surface area (Å²) in [5, 5.41) is 6.74. The van der Waals surface area contributed by atoms with Gasteiger partial charge >= 0.3 is 11.7 Å². The minimum Gasteiger partial charge on any atom is -0.461 e. The van der Waals surface area contributed by atoms with Gasteiger partial charge in [-0.3, -0.25) is 19.1 Å². The molecule has 1 aromatic heterocycles. The number of aryl methyl sites for hydroxylation is 1. The van der Waals surface area contributed by atoms with Crippen LogP contribution in [0.4, 0.5) is 0 Å². The molecule has 1 fully saturated rings. The van der Waals surface area contributed by atoms with Crippen molar-refractivity contribution in [2.75, 3.05) is 6.61 Å². The zero-order valence-electron chi connectivity index (χ0n) is 12.7. The molecule has 0 amide bonds. The highest BCUT2D eigenvalue weighted by Crippen LogP contribution is 2.36. The first-order chi connectivity index (χ1) is 10.7. The molecule has 0 bridgehead atoms. The molecular formula is C13H18N2O7S. The van der Waals surface area contributed by atoms with E-state index >= 15 is 0 Å². The molecule has 0 aliphatic carbocycles. The first-order valence-corrected chi connectivity index (χ1v) is 8.68. The average molecular weight is 346 g/mol. The Bertz CT molecular complexity index is 823. The fourth-order valence-electron chi connectivity index (χ4n) is 2.72. The first-order valence-electron chi connectivity index (χ1n) is 7.07. The van der Waals surface area contributed by atoms with E-state index in [4.69, 9.17) is 4.74 Å². The number of aliphatic hydroxyl groups excluding tert-OH is 1. The third kappa shape index (κ3) is 3.08. The van der Waals surface area contributed by atoms with Crippen molar-refractivity contribution in [2.45, 2.75) is 43.4 Å². The van der Waals surface area contributed by atoms with Crippen LogP contribution in [-0.4, -0.2) is 47.0 Å². The quantitative estimate of drug-likeness (QED) is 0.647. The number of nitrogens with one attached hydrogen (secondary N) is 1. The second kappa shape index (κ2) is 6.28. The molecule has 1 aromatic rings. The molecule has 0 saturated carbocycles. The van der Waals surface area contributed by atoms with Gasteiger partial charge in [0, 0.05) is 25.1 Å². The number of aromatic amines is 1. The van der Waals surface area contributed by atoms with E-state index in [-0.39, 0.29) is 12.0 Å². The topological polar surface area (TPSA) is 136 Å². The van der Waals surface area contributed by atoms with Gasteiger partial charge in [-0.25, -0.2) is 13.2 Å². The Balaban J connectivity index is 2.54. The van der Waals surface area contributed by atoms with E-state index in [1.54, 1.807) is 6.92 Å². The van der Waals surface area contributed by atoms with Crippen LogP contribution >= 0.6 is 0 Å². The van der Waals surface area contributed by atoms with Crippen LogP contribution in [0.1, 0.15) is 31.2 Å². The third-order valence-corrected chi connectivity index (χ3v) is 6.35. The van der Waals surface area contributed by atoms with Crippen LogP contribution in [0.15, 0.2) is 15.8 Å². The monoisotopic (exact) mass is 346 g/mol. The average Bonchev–Trinajstić information content (AvgIpc) is 2.68. The second-order valence-electron chi connectivity index (χ2n) is 5.32. The molecule has 3 atom stereocenters. The summed E-state index contributed by atoms with van der Waals surface area (Å²) < 4.78 is 31.0. The first kappa shape index (κ1) is 17.4. The number of H-pyrrole nitrogens is 1. The Hall–Kier alpha value is -1.94. The maximum absolute atomic E-state index is 12.6. The minimum absolute atomic E-state index is 0.164. The lowest BCUT2D eigenvalue weighted by molar-refractivity contribution is -0.146. The molecule has 2 heterocycles. The van der Waals surface area contributed by atoms with Crippen molar-refractivity contribution in [3.8, 4) is 0 Å². The summed E-state index contributed by atoms with van der Waals surface area (Å²) in [4.78, 5) is 36.8. The van der Waals surface area contributed by atoms with Crippen LogP contribution in [-0.2, 0) is 25.8 Å². The third-order valence-electron chi connectivity index (χ3n) is 3.88. The number of hydrogen-bond donors (Lipinski definition) is 2. The molecule has 2 N–H and O–H groups in total. The van der Waals surface area contributed by atoms with Gasteiger partial charge in [-0.05, 0) is 6.42 Å². The summed E-state index contributed by atoms with van der Waals surface area (Å²) in [6.07, 6.45) is 0.312. The highest BCUT2D eigenvalue weighted by molar-refractivity contribution is 7.92. The maximum Gasteiger partial charge on any atom is 0.329 e. The van der Waals surface area contributed by atoms with Crippen LogP contribution in [0.25, 0.3) is 0 Å². The molecule has 128 valence electrons. The number of carbonyl (C=O) groups excluding carboxylic acids is 1. The molecule has 0 aromatic carbocycles. The molecule has 1 aliphatic heterocycles. The lowest BCUT2D eigenvalue weighted by atomic mass is 10.2. The smallest absolute Gasteiger partial charge is 0.329 e. The number of rotatable bonds is 4. The van der Waals surface area contributed by atoms with Crippen molar-refractivity contribution in [3.05, 3.63) is 32.6 Å². The number of aromatic nitrogens is 2. The van der Waals surface area contributed by atoms with Gasteiger partial charge in [0.05, 0.1) is 6.61 Å². The molecule has 2 rings (SSSR count). The zero-order valence-corrected chi connectivity index (χ0v) is 13.5. The molecule has 0 radical (unpaired) electrons. The summed E-state index contributed by atoms with van der Waals surface area (Å²) in [7, 11) is -3.97. The van der Waals surface area contributed by atoms with E-state index in [0.717, 1.165) is 11.5 Å². The number of esters is 1. The normalized spacial score (nSPS) is 26.1. The van der Waals surface area contributed by atoms with Gasteiger partial charge in [-0.1, -0.05) is 6.92 Å². The summed E-state index contributed by atoms with van der Waals surface area (Å²) in [6.45, 7) is 2.10. The van der Waals surface area contributed by atoms with Gasteiger partial charge in [0.2, 0.25) is 0 Å². The van der Waals surface area contributed by atoms with Gasteiger partial charge in [0.25, 0.3) is 5.56 Å². The molecule has 0 unspecified atom stereocenters. The highest BCUT2D eigenvalue weighted by Gasteiger charge is 2.50. The molecule has 10 heteroatoms. The summed E-state index contributed by atoms with van der Waals surface area (Å²) >= 11 is 0. The Morgan fingerprint density at radius 2 is 2.13 bits per heavy atom. The fraction of sp³-hybridized carbons (Fsp3) is 0.615. The van der Waals surface area contributed by atoms with Crippen molar-refractivity contribution in [1.29, 1.82) is 0 Å². The number of ether oxygens (including phenoxy) is 1. The highest BCUT2D eigenvalue weighted by atomic mass is 32.2. The molecule has 1 saturated heterocycles. The van der Waals surface area contributed by atoms with Gasteiger partial charge in [0.1, 0.15) is 16.7 Å². The van der Waals surface area contributed by atoms with Crippen LogP contribution in [0.3, 0.4) is 0 Å². The van der Waals surface area contributed by atoms with Gasteiger partial charge in [-0.15, -0.1) is 0 Å². The van der Waals surface area contributed by atoms with E-state index in [1.807, 2.05) is 0 Å². The largest absolute Gasteiger partial charge is 0.461 e. The molecule has 1 aliphatic rings. The van der Waals surface area contributed by atoms with Gasteiger partial charge in [-0.2, -0.15) is 0 Å². The number of aliphatic hydroxyl groups is 1.